The highest BCUT2D eigenvalue weighted by atomic mass is 19.1. The average molecular weight is 271 g/mol. The van der Waals surface area contributed by atoms with Crippen molar-refractivity contribution in [3.63, 3.8) is 0 Å². The summed E-state index contributed by atoms with van der Waals surface area (Å²) < 4.78 is 13.1. The molecule has 2 aromatic carbocycles. The average Bonchev–Trinajstić information content (AvgIpc) is 2.38. The van der Waals surface area contributed by atoms with Gasteiger partial charge in [0.1, 0.15) is 11.6 Å². The molecule has 1 aliphatic carbocycles. The van der Waals surface area contributed by atoms with E-state index in [9.17, 15) is 9.50 Å². The van der Waals surface area contributed by atoms with E-state index in [1.165, 1.54) is 18.6 Å². The standard InChI is InChI=1S/C17H18FNO/c1-19-14-9-15(11-3-2-4-11)17(16(20)10-14)12-5-7-13(18)8-6-12/h5-11,19-20H,2-4H2,1H3. The molecule has 2 N–H and O–H groups in total. The number of benzene rings is 2. The van der Waals surface area contributed by atoms with Crippen LogP contribution in [0.15, 0.2) is 36.4 Å². The maximum atomic E-state index is 13.1. The zero-order valence-corrected chi connectivity index (χ0v) is 11.5. The Kier molecular flexibility index (Phi) is 3.35. The maximum absolute atomic E-state index is 13.1. The van der Waals surface area contributed by atoms with E-state index in [2.05, 4.69) is 11.4 Å². The van der Waals surface area contributed by atoms with Crippen LogP contribution < -0.4 is 5.32 Å². The van der Waals surface area contributed by atoms with E-state index in [1.807, 2.05) is 7.05 Å². The van der Waals surface area contributed by atoms with Gasteiger partial charge in [-0.15, -0.1) is 0 Å². The number of phenols is 1. The Morgan fingerprint density at radius 2 is 1.85 bits per heavy atom. The first-order valence-corrected chi connectivity index (χ1v) is 6.99. The maximum Gasteiger partial charge on any atom is 0.125 e. The summed E-state index contributed by atoms with van der Waals surface area (Å²) in [6.45, 7) is 0. The Hall–Kier alpha value is -2.03. The van der Waals surface area contributed by atoms with Crippen LogP contribution in [0.25, 0.3) is 11.1 Å². The van der Waals surface area contributed by atoms with Crippen LogP contribution in [0, 0.1) is 5.82 Å². The summed E-state index contributed by atoms with van der Waals surface area (Å²) in [5.74, 6) is 0.491. The molecule has 0 aromatic heterocycles. The summed E-state index contributed by atoms with van der Waals surface area (Å²) >= 11 is 0. The molecule has 20 heavy (non-hydrogen) atoms. The number of hydrogen-bond acceptors (Lipinski definition) is 2. The summed E-state index contributed by atoms with van der Waals surface area (Å²) in [6, 6.07) is 10.1. The number of nitrogens with one attached hydrogen (secondary N) is 1. The summed E-state index contributed by atoms with van der Waals surface area (Å²) in [4.78, 5) is 0. The molecule has 0 atom stereocenters. The molecule has 0 radical (unpaired) electrons. The van der Waals surface area contributed by atoms with Crippen LogP contribution in [0.3, 0.4) is 0 Å². The van der Waals surface area contributed by atoms with Crippen LogP contribution in [0.5, 0.6) is 5.75 Å². The quantitative estimate of drug-likeness (QED) is 0.861. The van der Waals surface area contributed by atoms with E-state index in [0.29, 0.717) is 5.92 Å². The molecule has 2 aromatic rings. The van der Waals surface area contributed by atoms with E-state index >= 15 is 0 Å². The van der Waals surface area contributed by atoms with E-state index in [0.717, 1.165) is 35.2 Å². The number of phenolic OH excluding ortho intramolecular Hbond substituents is 1. The lowest BCUT2D eigenvalue weighted by atomic mass is 9.76. The topological polar surface area (TPSA) is 32.3 Å². The van der Waals surface area contributed by atoms with E-state index in [1.54, 1.807) is 18.2 Å². The molecular weight excluding hydrogens is 253 g/mol. The van der Waals surface area contributed by atoms with E-state index in [-0.39, 0.29) is 11.6 Å². The summed E-state index contributed by atoms with van der Waals surface area (Å²) in [7, 11) is 1.84. The number of rotatable bonds is 3. The van der Waals surface area contributed by atoms with Gasteiger partial charge in [0.25, 0.3) is 0 Å². The zero-order chi connectivity index (χ0) is 14.1. The summed E-state index contributed by atoms with van der Waals surface area (Å²) in [6.07, 6.45) is 3.54. The van der Waals surface area contributed by atoms with Crippen molar-refractivity contribution in [2.75, 3.05) is 12.4 Å². The molecule has 104 valence electrons. The van der Waals surface area contributed by atoms with Crippen LogP contribution in [-0.4, -0.2) is 12.2 Å². The molecular formula is C17H18FNO. The van der Waals surface area contributed by atoms with Gasteiger partial charge in [-0.3, -0.25) is 0 Å². The predicted octanol–water partition coefficient (Wildman–Crippen LogP) is 4.51. The molecule has 3 rings (SSSR count). The molecule has 0 amide bonds. The van der Waals surface area contributed by atoms with Crippen molar-refractivity contribution in [2.45, 2.75) is 25.2 Å². The molecule has 0 saturated heterocycles. The number of hydrogen-bond donors (Lipinski definition) is 2. The molecule has 0 heterocycles. The minimum atomic E-state index is -0.259. The smallest absolute Gasteiger partial charge is 0.125 e. The highest BCUT2D eigenvalue weighted by molar-refractivity contribution is 5.77. The second-order valence-corrected chi connectivity index (χ2v) is 5.34. The molecule has 1 aliphatic rings. The van der Waals surface area contributed by atoms with Crippen LogP contribution in [-0.2, 0) is 0 Å². The van der Waals surface area contributed by atoms with Crippen molar-refractivity contribution in [2.24, 2.45) is 0 Å². The van der Waals surface area contributed by atoms with Gasteiger partial charge < -0.3 is 10.4 Å². The molecule has 1 saturated carbocycles. The van der Waals surface area contributed by atoms with Crippen molar-refractivity contribution in [3.8, 4) is 16.9 Å². The van der Waals surface area contributed by atoms with Crippen LogP contribution in [0.4, 0.5) is 10.1 Å². The Bertz CT molecular complexity index is 618. The molecule has 1 fully saturated rings. The van der Waals surface area contributed by atoms with Crippen molar-refractivity contribution in [1.29, 1.82) is 0 Å². The number of anilines is 1. The van der Waals surface area contributed by atoms with Gasteiger partial charge in [-0.1, -0.05) is 18.6 Å². The van der Waals surface area contributed by atoms with Gasteiger partial charge in [0, 0.05) is 24.4 Å². The highest BCUT2D eigenvalue weighted by Crippen LogP contribution is 2.45. The third-order valence-electron chi connectivity index (χ3n) is 4.11. The normalized spacial score (nSPS) is 14.9. The third-order valence-corrected chi connectivity index (χ3v) is 4.11. The van der Waals surface area contributed by atoms with Gasteiger partial charge in [-0.05, 0) is 48.1 Å². The summed E-state index contributed by atoms with van der Waals surface area (Å²) in [5, 5.41) is 13.4. The van der Waals surface area contributed by atoms with Crippen LogP contribution >= 0.6 is 0 Å². The number of halogens is 1. The van der Waals surface area contributed by atoms with Gasteiger partial charge in [-0.25, -0.2) is 4.39 Å². The van der Waals surface area contributed by atoms with E-state index in [4.69, 9.17) is 0 Å². The van der Waals surface area contributed by atoms with Gasteiger partial charge in [-0.2, -0.15) is 0 Å². The zero-order valence-electron chi connectivity index (χ0n) is 11.5. The first kappa shape index (κ1) is 13.0. The fourth-order valence-corrected chi connectivity index (χ4v) is 2.77. The van der Waals surface area contributed by atoms with Gasteiger partial charge in [0.2, 0.25) is 0 Å². The largest absolute Gasteiger partial charge is 0.507 e. The molecule has 2 nitrogen and oxygen atoms in total. The lowest BCUT2D eigenvalue weighted by Gasteiger charge is -2.29. The monoisotopic (exact) mass is 271 g/mol. The number of aromatic hydroxyl groups is 1. The third kappa shape index (κ3) is 2.24. The Balaban J connectivity index is 2.14. The summed E-state index contributed by atoms with van der Waals surface area (Å²) in [5.41, 5.74) is 3.78. The lowest BCUT2D eigenvalue weighted by molar-refractivity contribution is 0.417. The van der Waals surface area contributed by atoms with Crippen LogP contribution in [0.1, 0.15) is 30.7 Å². The second kappa shape index (κ2) is 5.16. The minimum absolute atomic E-state index is 0.255. The Morgan fingerprint density at radius 3 is 2.40 bits per heavy atom. The molecule has 0 bridgehead atoms. The second-order valence-electron chi connectivity index (χ2n) is 5.34. The minimum Gasteiger partial charge on any atom is -0.507 e. The molecule has 3 heteroatoms. The van der Waals surface area contributed by atoms with Crippen molar-refractivity contribution in [3.05, 3.63) is 47.8 Å². The molecule has 0 aliphatic heterocycles. The van der Waals surface area contributed by atoms with Crippen LogP contribution in [0.2, 0.25) is 0 Å². The highest BCUT2D eigenvalue weighted by Gasteiger charge is 2.25. The van der Waals surface area contributed by atoms with Gasteiger partial charge in [0.15, 0.2) is 0 Å². The SMILES string of the molecule is CNc1cc(O)c(-c2ccc(F)cc2)c(C2CCC2)c1. The lowest BCUT2D eigenvalue weighted by Crippen LogP contribution is -2.10. The first-order valence-electron chi connectivity index (χ1n) is 6.99. The fraction of sp³-hybridized carbons (Fsp3) is 0.294. The Labute approximate surface area is 118 Å². The fourth-order valence-electron chi connectivity index (χ4n) is 2.77. The van der Waals surface area contributed by atoms with Gasteiger partial charge in [0.05, 0.1) is 0 Å². The predicted molar refractivity (Wildman–Crippen MR) is 79.6 cm³/mol. The van der Waals surface area contributed by atoms with Crippen molar-refractivity contribution >= 4 is 5.69 Å². The van der Waals surface area contributed by atoms with E-state index < -0.39 is 0 Å². The Morgan fingerprint density at radius 1 is 1.15 bits per heavy atom. The van der Waals surface area contributed by atoms with Crippen molar-refractivity contribution in [1.82, 2.24) is 0 Å². The van der Waals surface area contributed by atoms with Crippen molar-refractivity contribution < 1.29 is 9.50 Å². The first-order chi connectivity index (χ1) is 9.69. The van der Waals surface area contributed by atoms with Gasteiger partial charge >= 0.3 is 0 Å². The molecule has 0 unspecified atom stereocenters. The molecule has 0 spiro atoms.